The average molecular weight is 796 g/mol. The van der Waals surface area contributed by atoms with Gasteiger partial charge in [0.1, 0.15) is 11.2 Å². The van der Waals surface area contributed by atoms with Gasteiger partial charge in [0.2, 0.25) is 0 Å². The molecule has 0 saturated heterocycles. The number of hydrogen-bond acceptors (Lipinski definition) is 3. The van der Waals surface area contributed by atoms with Crippen LogP contribution < -0.4 is 4.90 Å². The van der Waals surface area contributed by atoms with Crippen LogP contribution >= 0.6 is 11.3 Å². The molecule has 10 aromatic carbocycles. The number of benzene rings is 10. The van der Waals surface area contributed by atoms with Crippen molar-refractivity contribution in [3.8, 4) is 44.5 Å². The van der Waals surface area contributed by atoms with E-state index in [1.807, 2.05) is 11.3 Å². The third kappa shape index (κ3) is 6.09. The van der Waals surface area contributed by atoms with Crippen LogP contribution in [0.1, 0.15) is 0 Å². The number of furan rings is 1. The van der Waals surface area contributed by atoms with E-state index in [1.165, 1.54) is 58.9 Å². The highest BCUT2D eigenvalue weighted by atomic mass is 32.1. The molecular formula is C58H37NOS. The molecule has 3 heteroatoms. The summed E-state index contributed by atoms with van der Waals surface area (Å²) in [6.07, 6.45) is 0. The van der Waals surface area contributed by atoms with Gasteiger partial charge >= 0.3 is 0 Å². The number of thiophene rings is 1. The lowest BCUT2D eigenvalue weighted by molar-refractivity contribution is 0.673. The monoisotopic (exact) mass is 795 g/mol. The molecule has 286 valence electrons. The molecule has 2 aromatic heterocycles. The van der Waals surface area contributed by atoms with Crippen molar-refractivity contribution in [2.45, 2.75) is 0 Å². The highest BCUT2D eigenvalue weighted by Gasteiger charge is 2.19. The van der Waals surface area contributed by atoms with E-state index in [-0.39, 0.29) is 0 Å². The zero-order chi connectivity index (χ0) is 40.3. The van der Waals surface area contributed by atoms with E-state index in [2.05, 4.69) is 229 Å². The first kappa shape index (κ1) is 35.2. The van der Waals surface area contributed by atoms with Gasteiger partial charge in [0, 0.05) is 53.4 Å². The fraction of sp³-hybridized carbons (Fsp3) is 0. The SMILES string of the molecule is c1ccc(-c2ccc(-c3ccc(N(c4ccc(-c5cccc6c5sc5ccccc56)cc4)c4cccc(-c5cccc6oc7c8ccccc8ccc7c56)c4)cc3)cc2)cc1. The van der Waals surface area contributed by atoms with Gasteiger partial charge in [0.05, 0.1) is 0 Å². The van der Waals surface area contributed by atoms with Crippen LogP contribution in [0.2, 0.25) is 0 Å². The average Bonchev–Trinajstić information content (AvgIpc) is 3.92. The van der Waals surface area contributed by atoms with Crippen LogP contribution in [0.4, 0.5) is 17.1 Å². The zero-order valence-corrected chi connectivity index (χ0v) is 33.9. The van der Waals surface area contributed by atoms with Gasteiger partial charge in [-0.3, -0.25) is 0 Å². The normalized spacial score (nSPS) is 11.6. The molecule has 0 spiro atoms. The Morgan fingerprint density at radius 1 is 0.344 bits per heavy atom. The summed E-state index contributed by atoms with van der Waals surface area (Å²) in [5.74, 6) is 0. The minimum atomic E-state index is 0.891. The second-order valence-electron chi connectivity index (χ2n) is 15.6. The Hall–Kier alpha value is -7.72. The van der Waals surface area contributed by atoms with E-state index in [0.717, 1.165) is 55.5 Å². The quantitative estimate of drug-likeness (QED) is 0.160. The molecule has 2 nitrogen and oxygen atoms in total. The molecule has 0 N–H and O–H groups in total. The molecule has 0 aliphatic rings. The topological polar surface area (TPSA) is 16.4 Å². The molecule has 0 aliphatic carbocycles. The lowest BCUT2D eigenvalue weighted by atomic mass is 9.97. The molecule has 0 aliphatic heterocycles. The lowest BCUT2D eigenvalue weighted by Gasteiger charge is -2.26. The van der Waals surface area contributed by atoms with Gasteiger partial charge in [0.15, 0.2) is 0 Å². The largest absolute Gasteiger partial charge is 0.455 e. The lowest BCUT2D eigenvalue weighted by Crippen LogP contribution is -2.10. The first-order valence-electron chi connectivity index (χ1n) is 20.7. The van der Waals surface area contributed by atoms with Gasteiger partial charge in [-0.25, -0.2) is 0 Å². The van der Waals surface area contributed by atoms with Crippen molar-refractivity contribution in [3.05, 3.63) is 224 Å². The fourth-order valence-electron chi connectivity index (χ4n) is 9.11. The number of hydrogen-bond donors (Lipinski definition) is 0. The number of nitrogens with zero attached hydrogens (tertiary/aromatic N) is 1. The van der Waals surface area contributed by atoms with Crippen LogP contribution in [0.3, 0.4) is 0 Å². The fourth-order valence-corrected chi connectivity index (χ4v) is 10.3. The second kappa shape index (κ2) is 14.5. The number of rotatable bonds is 7. The maximum Gasteiger partial charge on any atom is 0.143 e. The predicted octanol–water partition coefficient (Wildman–Crippen LogP) is 17.2. The van der Waals surface area contributed by atoms with Gasteiger partial charge in [-0.05, 0) is 104 Å². The third-order valence-electron chi connectivity index (χ3n) is 12.1. The van der Waals surface area contributed by atoms with Crippen molar-refractivity contribution in [1.82, 2.24) is 0 Å². The smallest absolute Gasteiger partial charge is 0.143 e. The van der Waals surface area contributed by atoms with Crippen molar-refractivity contribution in [2.75, 3.05) is 4.90 Å². The van der Waals surface area contributed by atoms with E-state index >= 15 is 0 Å². The van der Waals surface area contributed by atoms with E-state index in [9.17, 15) is 0 Å². The summed E-state index contributed by atoms with van der Waals surface area (Å²) >= 11 is 1.87. The molecule has 0 amide bonds. The first-order valence-corrected chi connectivity index (χ1v) is 21.6. The minimum Gasteiger partial charge on any atom is -0.455 e. The highest BCUT2D eigenvalue weighted by Crippen LogP contribution is 2.44. The summed E-state index contributed by atoms with van der Waals surface area (Å²) in [5, 5.41) is 7.19. The molecule has 12 rings (SSSR count). The van der Waals surface area contributed by atoms with Crippen molar-refractivity contribution >= 4 is 81.3 Å². The third-order valence-corrected chi connectivity index (χ3v) is 13.3. The van der Waals surface area contributed by atoms with E-state index in [4.69, 9.17) is 4.42 Å². The summed E-state index contributed by atoms with van der Waals surface area (Å²) in [6.45, 7) is 0. The molecule has 0 bridgehead atoms. The number of anilines is 3. The minimum absolute atomic E-state index is 0.891. The van der Waals surface area contributed by atoms with Gasteiger partial charge in [-0.15, -0.1) is 11.3 Å². The van der Waals surface area contributed by atoms with Gasteiger partial charge in [-0.2, -0.15) is 0 Å². The van der Waals surface area contributed by atoms with Gasteiger partial charge in [0.25, 0.3) is 0 Å². The standard InChI is InChI=1S/C58H37NOS/c1-2-11-38(12-3-1)39-23-25-40(26-24-39)41-27-32-45(33-28-41)59(46-34-29-43(30-35-46)50-19-9-20-52-51-17-6-7-22-55(51)61-58(50)52)47-15-8-14-44(37-47)48-18-10-21-54-56(48)53-36-31-42-13-4-5-16-49(42)57(53)60-54/h1-37H. The van der Waals surface area contributed by atoms with Crippen LogP contribution in [0.5, 0.6) is 0 Å². The molecular weight excluding hydrogens is 759 g/mol. The van der Waals surface area contributed by atoms with E-state index < -0.39 is 0 Å². The van der Waals surface area contributed by atoms with Crippen LogP contribution in [-0.4, -0.2) is 0 Å². The Labute approximate surface area is 357 Å². The van der Waals surface area contributed by atoms with Crippen LogP contribution in [0.15, 0.2) is 229 Å². The van der Waals surface area contributed by atoms with Gasteiger partial charge < -0.3 is 9.32 Å². The summed E-state index contributed by atoms with van der Waals surface area (Å²) < 4.78 is 9.24. The summed E-state index contributed by atoms with van der Waals surface area (Å²) in [7, 11) is 0. The molecule has 0 atom stereocenters. The van der Waals surface area contributed by atoms with Crippen LogP contribution in [0, 0.1) is 0 Å². The molecule has 0 saturated carbocycles. The highest BCUT2D eigenvalue weighted by molar-refractivity contribution is 7.26. The maximum absolute atomic E-state index is 6.60. The van der Waals surface area contributed by atoms with Crippen LogP contribution in [-0.2, 0) is 0 Å². The van der Waals surface area contributed by atoms with Crippen molar-refractivity contribution in [3.63, 3.8) is 0 Å². The van der Waals surface area contributed by atoms with Crippen molar-refractivity contribution < 1.29 is 4.42 Å². The summed E-state index contributed by atoms with van der Waals surface area (Å²) in [6, 6.07) is 81.1. The Balaban J connectivity index is 0.965. The van der Waals surface area contributed by atoms with Crippen LogP contribution in [0.25, 0.3) is 97.4 Å². The molecule has 12 aromatic rings. The number of fused-ring (bicyclic) bond motifs is 8. The Morgan fingerprint density at radius 2 is 0.918 bits per heavy atom. The molecule has 0 radical (unpaired) electrons. The van der Waals surface area contributed by atoms with Crippen molar-refractivity contribution in [2.24, 2.45) is 0 Å². The second-order valence-corrected chi connectivity index (χ2v) is 16.7. The molecule has 2 heterocycles. The molecule has 0 unspecified atom stereocenters. The Kier molecular flexibility index (Phi) is 8.39. The maximum atomic E-state index is 6.60. The molecule has 0 fully saturated rings. The first-order chi connectivity index (χ1) is 30.2. The zero-order valence-electron chi connectivity index (χ0n) is 33.1. The Bertz CT molecular complexity index is 3560. The summed E-state index contributed by atoms with van der Waals surface area (Å²) in [5.41, 5.74) is 14.6. The van der Waals surface area contributed by atoms with E-state index in [0.29, 0.717) is 0 Å². The van der Waals surface area contributed by atoms with E-state index in [1.54, 1.807) is 0 Å². The predicted molar refractivity (Wildman–Crippen MR) is 261 cm³/mol. The Morgan fingerprint density at radius 3 is 1.69 bits per heavy atom. The summed E-state index contributed by atoms with van der Waals surface area (Å²) in [4.78, 5) is 2.37. The van der Waals surface area contributed by atoms with Crippen molar-refractivity contribution in [1.29, 1.82) is 0 Å². The molecule has 61 heavy (non-hydrogen) atoms. The van der Waals surface area contributed by atoms with Gasteiger partial charge in [-0.1, -0.05) is 170 Å².